The lowest BCUT2D eigenvalue weighted by atomic mass is 9.91. The van der Waals surface area contributed by atoms with Crippen molar-refractivity contribution in [2.24, 2.45) is 0 Å². The molecule has 2 heterocycles. The number of aromatic carboxylic acids is 1. The summed E-state index contributed by atoms with van der Waals surface area (Å²) in [6, 6.07) is 6.75. The molecule has 0 amide bonds. The summed E-state index contributed by atoms with van der Waals surface area (Å²) in [5.74, 6) is 0.0691. The molecular formula is C20H26N4O4. The first kappa shape index (κ1) is 19.0. The summed E-state index contributed by atoms with van der Waals surface area (Å²) in [5.41, 5.74) is 0.963. The molecule has 2 N–H and O–H groups in total. The molecule has 0 unspecified atom stereocenters. The molecule has 28 heavy (non-hydrogen) atoms. The molecule has 2 atom stereocenters. The first-order valence-electron chi connectivity index (χ1n) is 9.91. The number of aromatic nitrogens is 2. The lowest BCUT2D eigenvalue weighted by molar-refractivity contribution is -0.00604. The highest BCUT2D eigenvalue weighted by molar-refractivity contribution is 5.88. The van der Waals surface area contributed by atoms with Gasteiger partial charge in [-0.25, -0.2) is 4.79 Å². The molecule has 8 heteroatoms. The van der Waals surface area contributed by atoms with Crippen LogP contribution < -0.4 is 0 Å². The van der Waals surface area contributed by atoms with Gasteiger partial charge in [0.2, 0.25) is 11.7 Å². The van der Waals surface area contributed by atoms with Crippen molar-refractivity contribution in [1.82, 2.24) is 19.9 Å². The minimum Gasteiger partial charge on any atom is -0.478 e. The summed E-state index contributed by atoms with van der Waals surface area (Å²) in [4.78, 5) is 20.1. The topological polar surface area (TPSA) is 103 Å². The van der Waals surface area contributed by atoms with Gasteiger partial charge in [-0.15, -0.1) is 0 Å². The highest BCUT2D eigenvalue weighted by Crippen LogP contribution is 2.24. The minimum atomic E-state index is -0.958. The first-order chi connectivity index (χ1) is 13.6. The number of benzene rings is 1. The Bertz CT molecular complexity index is 799. The van der Waals surface area contributed by atoms with Crippen molar-refractivity contribution < 1.29 is 19.5 Å². The number of carbonyl (C=O) groups is 1. The number of nitrogens with zero attached hydrogens (tertiary/aromatic N) is 4. The van der Waals surface area contributed by atoms with E-state index in [9.17, 15) is 9.90 Å². The predicted octanol–water partition coefficient (Wildman–Crippen LogP) is 1.86. The Labute approximate surface area is 163 Å². The molecule has 1 aliphatic heterocycles. The van der Waals surface area contributed by atoms with Crippen LogP contribution in [0.3, 0.4) is 0 Å². The van der Waals surface area contributed by atoms with E-state index in [0.717, 1.165) is 51.0 Å². The molecular weight excluding hydrogens is 360 g/mol. The van der Waals surface area contributed by atoms with Gasteiger partial charge in [0, 0.05) is 37.8 Å². The third-order valence-electron chi connectivity index (χ3n) is 5.79. The van der Waals surface area contributed by atoms with Crippen molar-refractivity contribution in [3.8, 4) is 11.4 Å². The van der Waals surface area contributed by atoms with Crippen LogP contribution in [0.2, 0.25) is 0 Å². The van der Waals surface area contributed by atoms with Gasteiger partial charge in [0.15, 0.2) is 0 Å². The summed E-state index contributed by atoms with van der Waals surface area (Å²) in [6.07, 6.45) is 4.17. The van der Waals surface area contributed by atoms with Crippen molar-refractivity contribution in [1.29, 1.82) is 0 Å². The number of aliphatic hydroxyl groups is 1. The highest BCUT2D eigenvalue weighted by Gasteiger charge is 2.31. The molecule has 2 fully saturated rings. The Morgan fingerprint density at radius 1 is 1.11 bits per heavy atom. The van der Waals surface area contributed by atoms with Gasteiger partial charge in [0.1, 0.15) is 0 Å². The van der Waals surface area contributed by atoms with Crippen LogP contribution in [0.25, 0.3) is 11.4 Å². The van der Waals surface area contributed by atoms with Crippen LogP contribution in [-0.2, 0) is 6.54 Å². The summed E-state index contributed by atoms with van der Waals surface area (Å²) in [5, 5.41) is 23.3. The molecule has 1 aromatic carbocycles. The molecule has 0 bridgehead atoms. The molecule has 2 aromatic rings. The van der Waals surface area contributed by atoms with Gasteiger partial charge in [0.25, 0.3) is 0 Å². The summed E-state index contributed by atoms with van der Waals surface area (Å²) < 4.78 is 5.39. The predicted molar refractivity (Wildman–Crippen MR) is 102 cm³/mol. The number of carboxylic acid groups (broad SMARTS) is 1. The van der Waals surface area contributed by atoms with E-state index in [1.165, 1.54) is 18.6 Å². The van der Waals surface area contributed by atoms with Crippen molar-refractivity contribution in [2.75, 3.05) is 26.2 Å². The van der Waals surface area contributed by atoms with E-state index >= 15 is 0 Å². The van der Waals surface area contributed by atoms with Crippen LogP contribution in [-0.4, -0.2) is 74.4 Å². The Morgan fingerprint density at radius 3 is 2.50 bits per heavy atom. The van der Waals surface area contributed by atoms with Crippen LogP contribution in [0.15, 0.2) is 28.8 Å². The SMILES string of the molecule is O=C(O)c1ccc(-c2noc(CN3CCN([C@@H]4CCCC[C@H]4O)CC3)n2)cc1. The standard InChI is InChI=1S/C20H26N4O4/c25-17-4-2-1-3-16(17)24-11-9-23(10-12-24)13-18-21-19(22-28-18)14-5-7-15(8-6-14)20(26)27/h5-8,16-17,25H,1-4,9-13H2,(H,26,27)/t16-,17-/m1/s1. The lowest BCUT2D eigenvalue weighted by Gasteiger charge is -2.42. The van der Waals surface area contributed by atoms with Crippen molar-refractivity contribution >= 4 is 5.97 Å². The quantitative estimate of drug-likeness (QED) is 0.803. The molecule has 4 rings (SSSR count). The van der Waals surface area contributed by atoms with E-state index in [1.807, 2.05) is 0 Å². The molecule has 1 aliphatic carbocycles. The van der Waals surface area contributed by atoms with Crippen LogP contribution >= 0.6 is 0 Å². The normalized spacial score (nSPS) is 24.3. The van der Waals surface area contributed by atoms with Crippen molar-refractivity contribution in [3.63, 3.8) is 0 Å². The molecule has 1 aromatic heterocycles. The maximum atomic E-state index is 10.9. The van der Waals surface area contributed by atoms with E-state index in [0.29, 0.717) is 24.3 Å². The maximum Gasteiger partial charge on any atom is 0.335 e. The number of aliphatic hydroxyl groups excluding tert-OH is 1. The van der Waals surface area contributed by atoms with Crippen LogP contribution in [0.5, 0.6) is 0 Å². The third-order valence-corrected chi connectivity index (χ3v) is 5.79. The summed E-state index contributed by atoms with van der Waals surface area (Å²) >= 11 is 0. The molecule has 0 radical (unpaired) electrons. The zero-order valence-electron chi connectivity index (χ0n) is 15.8. The zero-order chi connectivity index (χ0) is 19.5. The minimum absolute atomic E-state index is 0.189. The van der Waals surface area contributed by atoms with Gasteiger partial charge in [-0.3, -0.25) is 9.80 Å². The second-order valence-corrected chi connectivity index (χ2v) is 7.63. The lowest BCUT2D eigenvalue weighted by Crippen LogP contribution is -2.54. The Hall–Kier alpha value is -2.29. The fourth-order valence-corrected chi connectivity index (χ4v) is 4.16. The number of hydrogen-bond acceptors (Lipinski definition) is 7. The van der Waals surface area contributed by atoms with Gasteiger partial charge >= 0.3 is 5.97 Å². The molecule has 150 valence electrons. The Kier molecular flexibility index (Phi) is 5.70. The van der Waals surface area contributed by atoms with Crippen molar-refractivity contribution in [3.05, 3.63) is 35.7 Å². The zero-order valence-corrected chi connectivity index (χ0v) is 15.8. The van der Waals surface area contributed by atoms with Crippen LogP contribution in [0, 0.1) is 0 Å². The first-order valence-corrected chi connectivity index (χ1v) is 9.91. The van der Waals surface area contributed by atoms with E-state index in [2.05, 4.69) is 19.9 Å². The monoisotopic (exact) mass is 386 g/mol. The van der Waals surface area contributed by atoms with Crippen LogP contribution in [0.4, 0.5) is 0 Å². The smallest absolute Gasteiger partial charge is 0.335 e. The third kappa shape index (κ3) is 4.24. The second-order valence-electron chi connectivity index (χ2n) is 7.63. The Morgan fingerprint density at radius 2 is 1.82 bits per heavy atom. The van der Waals surface area contributed by atoms with Gasteiger partial charge in [-0.05, 0) is 25.0 Å². The highest BCUT2D eigenvalue weighted by atomic mass is 16.5. The maximum absolute atomic E-state index is 10.9. The van der Waals surface area contributed by atoms with Gasteiger partial charge in [-0.2, -0.15) is 4.98 Å². The number of carboxylic acids is 1. The summed E-state index contributed by atoms with van der Waals surface area (Å²) in [7, 11) is 0. The van der Waals surface area contributed by atoms with E-state index < -0.39 is 5.97 Å². The second kappa shape index (κ2) is 8.38. The number of hydrogen-bond donors (Lipinski definition) is 2. The van der Waals surface area contributed by atoms with E-state index in [-0.39, 0.29) is 11.7 Å². The van der Waals surface area contributed by atoms with Gasteiger partial charge < -0.3 is 14.7 Å². The fraction of sp³-hybridized carbons (Fsp3) is 0.550. The van der Waals surface area contributed by atoms with Crippen molar-refractivity contribution in [2.45, 2.75) is 44.4 Å². The summed E-state index contributed by atoms with van der Waals surface area (Å²) in [6.45, 7) is 4.31. The average molecular weight is 386 g/mol. The average Bonchev–Trinajstić information content (AvgIpc) is 3.18. The molecule has 2 aliphatic rings. The number of piperazine rings is 1. The largest absolute Gasteiger partial charge is 0.478 e. The van der Waals surface area contributed by atoms with E-state index in [1.54, 1.807) is 12.1 Å². The molecule has 1 saturated carbocycles. The van der Waals surface area contributed by atoms with Gasteiger partial charge in [-0.1, -0.05) is 30.1 Å². The van der Waals surface area contributed by atoms with E-state index in [4.69, 9.17) is 9.63 Å². The molecule has 0 spiro atoms. The fourth-order valence-electron chi connectivity index (χ4n) is 4.16. The molecule has 8 nitrogen and oxygen atoms in total. The Balaban J connectivity index is 1.32. The molecule has 1 saturated heterocycles. The van der Waals surface area contributed by atoms with Crippen LogP contribution in [0.1, 0.15) is 41.9 Å². The van der Waals surface area contributed by atoms with Gasteiger partial charge in [0.05, 0.1) is 18.2 Å². The number of rotatable bonds is 5.